The van der Waals surface area contributed by atoms with Crippen LogP contribution in [0.15, 0.2) is 23.3 Å². The molecule has 48 valence electrons. The molecule has 9 heavy (non-hydrogen) atoms. The Morgan fingerprint density at radius 1 is 1.78 bits per heavy atom. The number of fused-ring (bicyclic) bond motifs is 1. The van der Waals surface area contributed by atoms with Gasteiger partial charge in [-0.15, -0.1) is 0 Å². The third kappa shape index (κ3) is 0.723. The van der Waals surface area contributed by atoms with Crippen molar-refractivity contribution in [3.05, 3.63) is 23.3 Å². The SMILES string of the molecule is NC12C=CC(Cl)=CC1C2. The molecule has 0 saturated heterocycles. The lowest BCUT2D eigenvalue weighted by Crippen LogP contribution is -2.22. The summed E-state index contributed by atoms with van der Waals surface area (Å²) in [5.41, 5.74) is 5.81. The first-order chi connectivity index (χ1) is 4.21. The van der Waals surface area contributed by atoms with E-state index in [0.717, 1.165) is 11.5 Å². The summed E-state index contributed by atoms with van der Waals surface area (Å²) in [6.45, 7) is 0. The number of hydrogen-bond acceptors (Lipinski definition) is 1. The van der Waals surface area contributed by atoms with Crippen molar-refractivity contribution in [1.29, 1.82) is 0 Å². The van der Waals surface area contributed by atoms with Gasteiger partial charge in [0.15, 0.2) is 0 Å². The highest BCUT2D eigenvalue weighted by Gasteiger charge is 2.48. The number of allylic oxidation sites excluding steroid dienone is 2. The smallest absolute Gasteiger partial charge is 0.0414 e. The summed E-state index contributed by atoms with van der Waals surface area (Å²) in [6, 6.07) is 0. The van der Waals surface area contributed by atoms with E-state index in [1.54, 1.807) is 0 Å². The van der Waals surface area contributed by atoms with E-state index in [-0.39, 0.29) is 5.54 Å². The van der Waals surface area contributed by atoms with Crippen LogP contribution in [0.5, 0.6) is 0 Å². The Morgan fingerprint density at radius 3 is 3.11 bits per heavy atom. The van der Waals surface area contributed by atoms with E-state index in [2.05, 4.69) is 0 Å². The first-order valence-corrected chi connectivity index (χ1v) is 3.44. The summed E-state index contributed by atoms with van der Waals surface area (Å²) in [7, 11) is 0. The Morgan fingerprint density at radius 2 is 2.56 bits per heavy atom. The Kier molecular flexibility index (Phi) is 0.866. The van der Waals surface area contributed by atoms with Gasteiger partial charge in [0.2, 0.25) is 0 Å². The minimum Gasteiger partial charge on any atom is -0.321 e. The second-order valence-electron chi connectivity index (χ2n) is 2.81. The normalized spacial score (nSPS) is 46.0. The maximum absolute atomic E-state index is 5.82. The maximum atomic E-state index is 5.82. The van der Waals surface area contributed by atoms with Gasteiger partial charge in [0, 0.05) is 16.5 Å². The van der Waals surface area contributed by atoms with Crippen LogP contribution in [0.2, 0.25) is 0 Å². The third-order valence-corrected chi connectivity index (χ3v) is 2.27. The zero-order valence-electron chi connectivity index (χ0n) is 4.97. The fourth-order valence-corrected chi connectivity index (χ4v) is 1.43. The van der Waals surface area contributed by atoms with Crippen molar-refractivity contribution in [3.63, 3.8) is 0 Å². The summed E-state index contributed by atoms with van der Waals surface area (Å²) < 4.78 is 0. The Labute approximate surface area is 59.2 Å². The predicted octanol–water partition coefficient (Wildman–Crippen LogP) is 1.40. The molecule has 0 aromatic carbocycles. The van der Waals surface area contributed by atoms with Gasteiger partial charge in [-0.2, -0.15) is 0 Å². The molecule has 2 rings (SSSR count). The van der Waals surface area contributed by atoms with Crippen molar-refractivity contribution in [3.8, 4) is 0 Å². The van der Waals surface area contributed by atoms with E-state index >= 15 is 0 Å². The molecule has 0 aliphatic heterocycles. The van der Waals surface area contributed by atoms with E-state index < -0.39 is 0 Å². The average Bonchev–Trinajstić information content (AvgIpc) is 2.41. The highest BCUT2D eigenvalue weighted by atomic mass is 35.5. The molecule has 0 spiro atoms. The highest BCUT2D eigenvalue weighted by molar-refractivity contribution is 6.31. The van der Waals surface area contributed by atoms with Crippen LogP contribution in [0.25, 0.3) is 0 Å². The average molecular weight is 142 g/mol. The van der Waals surface area contributed by atoms with E-state index in [1.807, 2.05) is 18.2 Å². The quantitative estimate of drug-likeness (QED) is 0.542. The lowest BCUT2D eigenvalue weighted by Gasteiger charge is -2.05. The fourth-order valence-electron chi connectivity index (χ4n) is 1.21. The van der Waals surface area contributed by atoms with Crippen LogP contribution >= 0.6 is 11.6 Å². The van der Waals surface area contributed by atoms with Gasteiger partial charge in [-0.25, -0.2) is 0 Å². The zero-order chi connectivity index (χ0) is 6.48. The highest BCUT2D eigenvalue weighted by Crippen LogP contribution is 2.46. The molecule has 2 aliphatic rings. The van der Waals surface area contributed by atoms with Crippen molar-refractivity contribution in [1.82, 2.24) is 0 Å². The molecular weight excluding hydrogens is 134 g/mol. The first kappa shape index (κ1) is 5.51. The monoisotopic (exact) mass is 141 g/mol. The van der Waals surface area contributed by atoms with Crippen molar-refractivity contribution in [2.45, 2.75) is 12.0 Å². The molecule has 0 aromatic rings. The Balaban J connectivity index is 2.31. The fraction of sp³-hybridized carbons (Fsp3) is 0.429. The van der Waals surface area contributed by atoms with Crippen LogP contribution in [-0.4, -0.2) is 5.54 Å². The van der Waals surface area contributed by atoms with E-state index in [9.17, 15) is 0 Å². The molecule has 0 amide bonds. The minimum atomic E-state index is -0.0155. The zero-order valence-corrected chi connectivity index (χ0v) is 5.73. The first-order valence-electron chi connectivity index (χ1n) is 3.06. The summed E-state index contributed by atoms with van der Waals surface area (Å²) in [5.74, 6) is 0.523. The van der Waals surface area contributed by atoms with E-state index in [1.165, 1.54) is 0 Å². The molecular formula is C7H8ClN. The molecule has 2 atom stereocenters. The van der Waals surface area contributed by atoms with Gasteiger partial charge >= 0.3 is 0 Å². The van der Waals surface area contributed by atoms with Gasteiger partial charge in [0.1, 0.15) is 0 Å². The lowest BCUT2D eigenvalue weighted by molar-refractivity contribution is 0.790. The van der Waals surface area contributed by atoms with Crippen LogP contribution in [0.1, 0.15) is 6.42 Å². The molecule has 2 aliphatic carbocycles. The molecule has 1 nitrogen and oxygen atoms in total. The van der Waals surface area contributed by atoms with Crippen LogP contribution < -0.4 is 5.73 Å². The third-order valence-electron chi connectivity index (χ3n) is 2.02. The van der Waals surface area contributed by atoms with Crippen LogP contribution in [0, 0.1) is 5.92 Å². The largest absolute Gasteiger partial charge is 0.321 e. The molecule has 0 heterocycles. The molecule has 2 unspecified atom stereocenters. The molecule has 1 fully saturated rings. The van der Waals surface area contributed by atoms with Crippen molar-refractivity contribution in [2.24, 2.45) is 11.7 Å². The molecule has 0 radical (unpaired) electrons. The van der Waals surface area contributed by atoms with E-state index in [4.69, 9.17) is 17.3 Å². The number of nitrogens with two attached hydrogens (primary N) is 1. The second kappa shape index (κ2) is 1.41. The molecule has 2 N–H and O–H groups in total. The van der Waals surface area contributed by atoms with Crippen LogP contribution in [-0.2, 0) is 0 Å². The van der Waals surface area contributed by atoms with E-state index in [0.29, 0.717) is 5.92 Å². The maximum Gasteiger partial charge on any atom is 0.0414 e. The summed E-state index contributed by atoms with van der Waals surface area (Å²) in [4.78, 5) is 0. The number of rotatable bonds is 0. The molecule has 0 aromatic heterocycles. The van der Waals surface area contributed by atoms with Crippen molar-refractivity contribution >= 4 is 11.6 Å². The van der Waals surface area contributed by atoms with Gasteiger partial charge in [-0.1, -0.05) is 23.8 Å². The predicted molar refractivity (Wildman–Crippen MR) is 38.1 cm³/mol. The van der Waals surface area contributed by atoms with Gasteiger partial charge in [-0.3, -0.25) is 0 Å². The molecule has 2 heteroatoms. The van der Waals surface area contributed by atoms with Gasteiger partial charge in [0.05, 0.1) is 0 Å². The van der Waals surface area contributed by atoms with Crippen LogP contribution in [0.4, 0.5) is 0 Å². The van der Waals surface area contributed by atoms with Crippen molar-refractivity contribution < 1.29 is 0 Å². The lowest BCUT2D eigenvalue weighted by atomic mass is 10.1. The second-order valence-corrected chi connectivity index (χ2v) is 3.24. The summed E-state index contributed by atoms with van der Waals surface area (Å²) in [6.07, 6.45) is 6.98. The van der Waals surface area contributed by atoms with Crippen molar-refractivity contribution in [2.75, 3.05) is 0 Å². The minimum absolute atomic E-state index is 0.0155. The van der Waals surface area contributed by atoms with Crippen LogP contribution in [0.3, 0.4) is 0 Å². The topological polar surface area (TPSA) is 26.0 Å². The van der Waals surface area contributed by atoms with Gasteiger partial charge in [-0.05, 0) is 12.5 Å². The molecule has 1 saturated carbocycles. The summed E-state index contributed by atoms with van der Waals surface area (Å²) in [5, 5.41) is 0.832. The Bertz CT molecular complexity index is 207. The number of halogens is 1. The molecule has 0 bridgehead atoms. The van der Waals surface area contributed by atoms with Gasteiger partial charge in [0.25, 0.3) is 0 Å². The van der Waals surface area contributed by atoms with Gasteiger partial charge < -0.3 is 5.73 Å². The standard InChI is InChI=1S/C7H8ClN/c8-6-1-2-7(9)4-5(7)3-6/h1-3,5H,4,9H2. The Hall–Kier alpha value is -0.270. The number of hydrogen-bond donors (Lipinski definition) is 1. The summed E-state index contributed by atoms with van der Waals surface area (Å²) >= 11 is 5.72.